The molecule has 3 aromatic rings. The van der Waals surface area contributed by atoms with Crippen LogP contribution in [-0.4, -0.2) is 16.7 Å². The molecule has 5 heteroatoms. The molecule has 1 aliphatic heterocycles. The van der Waals surface area contributed by atoms with Gasteiger partial charge in [-0.25, -0.2) is 0 Å². The zero-order valence-corrected chi connectivity index (χ0v) is 13.9. The summed E-state index contributed by atoms with van der Waals surface area (Å²) in [6.45, 7) is 3.15. The van der Waals surface area contributed by atoms with Crippen LogP contribution in [0.25, 0.3) is 22.2 Å². The Morgan fingerprint density at radius 2 is 1.91 bits per heavy atom. The summed E-state index contributed by atoms with van der Waals surface area (Å²) in [5, 5.41) is 10.1. The van der Waals surface area contributed by atoms with Crippen LogP contribution >= 0.6 is 12.4 Å². The van der Waals surface area contributed by atoms with Crippen LogP contribution in [0.3, 0.4) is 0 Å². The van der Waals surface area contributed by atoms with Gasteiger partial charge in [-0.15, -0.1) is 12.4 Å². The highest BCUT2D eigenvalue weighted by Crippen LogP contribution is 2.32. The van der Waals surface area contributed by atoms with Crippen molar-refractivity contribution < 1.29 is 4.52 Å². The minimum absolute atomic E-state index is 0. The number of fused-ring (bicyclic) bond motifs is 1. The third-order valence-electron chi connectivity index (χ3n) is 4.55. The zero-order valence-electron chi connectivity index (χ0n) is 13.1. The Bertz CT molecular complexity index is 803. The van der Waals surface area contributed by atoms with Crippen molar-refractivity contribution in [3.63, 3.8) is 0 Å². The van der Waals surface area contributed by atoms with Gasteiger partial charge in [0, 0.05) is 5.56 Å². The number of halogens is 1. The summed E-state index contributed by atoms with van der Waals surface area (Å²) in [6.07, 6.45) is 3.43. The summed E-state index contributed by atoms with van der Waals surface area (Å²) >= 11 is 0. The van der Waals surface area contributed by atoms with E-state index in [0.717, 1.165) is 23.9 Å². The molecule has 1 fully saturated rings. The molecule has 0 aliphatic carbocycles. The molecule has 4 nitrogen and oxygen atoms in total. The van der Waals surface area contributed by atoms with Crippen LogP contribution in [0.15, 0.2) is 47.0 Å². The van der Waals surface area contributed by atoms with E-state index in [-0.39, 0.29) is 17.9 Å². The van der Waals surface area contributed by atoms with Crippen molar-refractivity contribution in [3.8, 4) is 11.4 Å². The molecule has 1 aromatic heterocycles. The normalized spacial score (nSPS) is 21.1. The minimum Gasteiger partial charge on any atom is -0.337 e. The molecule has 23 heavy (non-hydrogen) atoms. The lowest BCUT2D eigenvalue weighted by Gasteiger charge is -2.31. The first-order valence-electron chi connectivity index (χ1n) is 7.84. The fourth-order valence-corrected chi connectivity index (χ4v) is 3.22. The second kappa shape index (κ2) is 6.30. The summed E-state index contributed by atoms with van der Waals surface area (Å²) in [6, 6.07) is 14.5. The molecular weight excluding hydrogens is 310 g/mol. The van der Waals surface area contributed by atoms with Crippen molar-refractivity contribution >= 4 is 23.2 Å². The lowest BCUT2D eigenvalue weighted by molar-refractivity contribution is 0.207. The van der Waals surface area contributed by atoms with Crippen LogP contribution in [0.5, 0.6) is 0 Å². The number of nitrogens with one attached hydrogen (secondary N) is 1. The number of piperidine rings is 1. The molecule has 0 radical (unpaired) electrons. The van der Waals surface area contributed by atoms with Crippen LogP contribution in [0.2, 0.25) is 0 Å². The molecule has 1 atom stereocenters. The van der Waals surface area contributed by atoms with Gasteiger partial charge in [0.15, 0.2) is 0 Å². The number of aromatic nitrogens is 2. The average Bonchev–Trinajstić information content (AvgIpc) is 3.06. The molecule has 0 amide bonds. The molecule has 1 unspecified atom stereocenters. The molecule has 4 rings (SSSR count). The number of nitrogens with zero attached hydrogens (tertiary/aromatic N) is 2. The maximum Gasteiger partial charge on any atom is 0.246 e. The molecule has 0 spiro atoms. The Morgan fingerprint density at radius 3 is 2.74 bits per heavy atom. The van der Waals surface area contributed by atoms with E-state index >= 15 is 0 Å². The zero-order chi connectivity index (χ0) is 15.0. The highest BCUT2D eigenvalue weighted by Gasteiger charge is 2.34. The summed E-state index contributed by atoms with van der Waals surface area (Å²) < 4.78 is 5.59. The predicted molar refractivity (Wildman–Crippen MR) is 93.7 cm³/mol. The number of rotatable bonds is 2. The van der Waals surface area contributed by atoms with Crippen LogP contribution in [0.1, 0.15) is 32.1 Å². The Labute approximate surface area is 141 Å². The molecular formula is C18H20ClN3O. The van der Waals surface area contributed by atoms with Gasteiger partial charge in [0.05, 0.1) is 5.54 Å². The van der Waals surface area contributed by atoms with Gasteiger partial charge in [-0.3, -0.25) is 0 Å². The standard InChI is InChI=1S/C18H19N3O.ClH/c1-18(11-4-5-12-19-18)17-20-16(21-22-17)15-10-6-8-13-7-2-3-9-14(13)15;/h2-3,6-10,19H,4-5,11-12H2,1H3;1H. The van der Waals surface area contributed by atoms with E-state index in [4.69, 9.17) is 4.52 Å². The first kappa shape index (κ1) is 16.0. The smallest absolute Gasteiger partial charge is 0.246 e. The second-order valence-electron chi connectivity index (χ2n) is 6.17. The fourth-order valence-electron chi connectivity index (χ4n) is 3.22. The molecule has 0 bridgehead atoms. The first-order chi connectivity index (χ1) is 10.8. The Hall–Kier alpha value is -1.91. The lowest BCUT2D eigenvalue weighted by Crippen LogP contribution is -2.43. The van der Waals surface area contributed by atoms with Crippen LogP contribution in [-0.2, 0) is 5.54 Å². The van der Waals surface area contributed by atoms with E-state index < -0.39 is 0 Å². The molecule has 1 N–H and O–H groups in total. The van der Waals surface area contributed by atoms with E-state index in [9.17, 15) is 0 Å². The van der Waals surface area contributed by atoms with Gasteiger partial charge < -0.3 is 9.84 Å². The monoisotopic (exact) mass is 329 g/mol. The van der Waals surface area contributed by atoms with Gasteiger partial charge in [-0.2, -0.15) is 4.98 Å². The van der Waals surface area contributed by atoms with Gasteiger partial charge in [-0.05, 0) is 43.5 Å². The summed E-state index contributed by atoms with van der Waals surface area (Å²) in [5.74, 6) is 1.36. The highest BCUT2D eigenvalue weighted by molar-refractivity contribution is 5.94. The van der Waals surface area contributed by atoms with Gasteiger partial charge in [0.1, 0.15) is 0 Å². The van der Waals surface area contributed by atoms with Crippen LogP contribution in [0, 0.1) is 0 Å². The van der Waals surface area contributed by atoms with E-state index in [0.29, 0.717) is 11.7 Å². The molecule has 1 aliphatic rings. The fraction of sp³-hybridized carbons (Fsp3) is 0.333. The van der Waals surface area contributed by atoms with E-state index in [2.05, 4.69) is 40.6 Å². The third kappa shape index (κ3) is 2.84. The van der Waals surface area contributed by atoms with Crippen LogP contribution in [0.4, 0.5) is 0 Å². The first-order valence-corrected chi connectivity index (χ1v) is 7.84. The van der Waals surface area contributed by atoms with Gasteiger partial charge in [0.25, 0.3) is 0 Å². The lowest BCUT2D eigenvalue weighted by atomic mass is 9.91. The van der Waals surface area contributed by atoms with E-state index in [1.165, 1.54) is 18.2 Å². The van der Waals surface area contributed by atoms with Crippen molar-refractivity contribution in [2.75, 3.05) is 6.54 Å². The summed E-state index contributed by atoms with van der Waals surface area (Å²) in [7, 11) is 0. The summed E-state index contributed by atoms with van der Waals surface area (Å²) in [5.41, 5.74) is 0.821. The Kier molecular flexibility index (Phi) is 4.37. The van der Waals surface area contributed by atoms with Gasteiger partial charge >= 0.3 is 0 Å². The highest BCUT2D eigenvalue weighted by atomic mass is 35.5. The Balaban J connectivity index is 0.00000156. The second-order valence-corrected chi connectivity index (χ2v) is 6.17. The van der Waals surface area contributed by atoms with Crippen molar-refractivity contribution in [2.24, 2.45) is 0 Å². The molecule has 2 heterocycles. The number of hydrogen-bond acceptors (Lipinski definition) is 4. The van der Waals surface area contributed by atoms with Gasteiger partial charge in [0.2, 0.25) is 11.7 Å². The molecule has 120 valence electrons. The van der Waals surface area contributed by atoms with Crippen molar-refractivity contribution in [1.82, 2.24) is 15.5 Å². The Morgan fingerprint density at radius 1 is 1.09 bits per heavy atom. The SMILES string of the molecule is CC1(c2nc(-c3cccc4ccccc34)no2)CCCCN1.Cl. The van der Waals surface area contributed by atoms with Crippen molar-refractivity contribution in [2.45, 2.75) is 31.7 Å². The quantitative estimate of drug-likeness (QED) is 0.761. The predicted octanol–water partition coefficient (Wildman–Crippen LogP) is 4.30. The maximum atomic E-state index is 5.59. The third-order valence-corrected chi connectivity index (χ3v) is 4.55. The average molecular weight is 330 g/mol. The van der Waals surface area contributed by atoms with E-state index in [1.807, 2.05) is 24.3 Å². The van der Waals surface area contributed by atoms with Crippen molar-refractivity contribution in [1.29, 1.82) is 0 Å². The summed E-state index contributed by atoms with van der Waals surface area (Å²) in [4.78, 5) is 4.69. The number of hydrogen-bond donors (Lipinski definition) is 1. The molecule has 1 saturated heterocycles. The minimum atomic E-state index is -0.200. The molecule has 2 aromatic carbocycles. The van der Waals surface area contributed by atoms with Gasteiger partial charge in [-0.1, -0.05) is 47.6 Å². The number of benzene rings is 2. The largest absolute Gasteiger partial charge is 0.337 e. The van der Waals surface area contributed by atoms with Crippen LogP contribution < -0.4 is 5.32 Å². The maximum absolute atomic E-state index is 5.59. The topological polar surface area (TPSA) is 51.0 Å². The van der Waals surface area contributed by atoms with E-state index in [1.54, 1.807) is 0 Å². The molecule has 0 saturated carbocycles. The van der Waals surface area contributed by atoms with Crippen molar-refractivity contribution in [3.05, 3.63) is 48.4 Å².